The number of nitrogens with two attached hydrogens (primary N) is 2. The van der Waals surface area contributed by atoms with Crippen molar-refractivity contribution in [3.63, 3.8) is 0 Å². The second kappa shape index (κ2) is 6.16. The van der Waals surface area contributed by atoms with E-state index >= 15 is 0 Å². The van der Waals surface area contributed by atoms with Crippen LogP contribution in [-0.4, -0.2) is 12.5 Å². The third kappa shape index (κ3) is 3.69. The second-order valence-corrected chi connectivity index (χ2v) is 3.30. The average molecular weight is 207 g/mol. The number of hydrogen-bond donors (Lipinski definition) is 3. The Morgan fingerprint density at radius 2 is 2.00 bits per heavy atom. The van der Waals surface area contributed by atoms with Crippen LogP contribution >= 0.6 is 0 Å². The quantitative estimate of drug-likeness (QED) is 0.668. The van der Waals surface area contributed by atoms with Crippen molar-refractivity contribution in [3.05, 3.63) is 29.8 Å². The van der Waals surface area contributed by atoms with Gasteiger partial charge < -0.3 is 16.8 Å². The third-order valence-corrected chi connectivity index (χ3v) is 2.12. The summed E-state index contributed by atoms with van der Waals surface area (Å²) in [5, 5.41) is 2.82. The topological polar surface area (TPSA) is 81.1 Å². The van der Waals surface area contributed by atoms with E-state index in [0.29, 0.717) is 25.9 Å². The highest BCUT2D eigenvalue weighted by Crippen LogP contribution is 2.14. The fourth-order valence-electron chi connectivity index (χ4n) is 1.30. The molecular weight excluding hydrogens is 190 g/mol. The van der Waals surface area contributed by atoms with Gasteiger partial charge in [-0.05, 0) is 24.6 Å². The third-order valence-electron chi connectivity index (χ3n) is 2.12. The van der Waals surface area contributed by atoms with Gasteiger partial charge >= 0.3 is 0 Å². The standard InChI is InChI=1S/C11H17N3O/c12-7-3-6-11(15)14-10-5-2-1-4-9(10)8-13/h1-2,4-5H,3,6-8,12-13H2,(H,14,15). The molecule has 0 bridgehead atoms. The van der Waals surface area contributed by atoms with Gasteiger partial charge in [-0.1, -0.05) is 18.2 Å². The molecule has 15 heavy (non-hydrogen) atoms. The van der Waals surface area contributed by atoms with Crippen molar-refractivity contribution in [2.75, 3.05) is 11.9 Å². The Morgan fingerprint density at radius 3 is 2.67 bits per heavy atom. The zero-order valence-electron chi connectivity index (χ0n) is 8.70. The summed E-state index contributed by atoms with van der Waals surface area (Å²) in [6.07, 6.45) is 1.16. The second-order valence-electron chi connectivity index (χ2n) is 3.30. The molecule has 5 N–H and O–H groups in total. The molecule has 0 fully saturated rings. The lowest BCUT2D eigenvalue weighted by Gasteiger charge is -2.08. The summed E-state index contributed by atoms with van der Waals surface area (Å²) in [5.74, 6) is -0.0126. The van der Waals surface area contributed by atoms with E-state index in [-0.39, 0.29) is 5.91 Å². The number of nitrogens with one attached hydrogen (secondary N) is 1. The average Bonchev–Trinajstić information content (AvgIpc) is 2.27. The van der Waals surface area contributed by atoms with Crippen molar-refractivity contribution < 1.29 is 4.79 Å². The van der Waals surface area contributed by atoms with Crippen LogP contribution in [0.3, 0.4) is 0 Å². The number of hydrogen-bond acceptors (Lipinski definition) is 3. The van der Waals surface area contributed by atoms with Crippen LogP contribution in [0, 0.1) is 0 Å². The van der Waals surface area contributed by atoms with E-state index in [4.69, 9.17) is 11.5 Å². The first-order chi connectivity index (χ1) is 7.27. The summed E-state index contributed by atoms with van der Waals surface area (Å²) in [4.78, 5) is 11.4. The highest BCUT2D eigenvalue weighted by atomic mass is 16.1. The minimum Gasteiger partial charge on any atom is -0.330 e. The predicted octanol–water partition coefficient (Wildman–Crippen LogP) is 0.823. The summed E-state index contributed by atoms with van der Waals surface area (Å²) < 4.78 is 0. The molecular formula is C11H17N3O. The first-order valence-corrected chi connectivity index (χ1v) is 5.06. The highest BCUT2D eigenvalue weighted by Gasteiger charge is 2.04. The lowest BCUT2D eigenvalue weighted by Crippen LogP contribution is -2.15. The molecule has 0 saturated carbocycles. The van der Waals surface area contributed by atoms with Crippen LogP contribution in [0.15, 0.2) is 24.3 Å². The van der Waals surface area contributed by atoms with Gasteiger partial charge in [-0.15, -0.1) is 0 Å². The van der Waals surface area contributed by atoms with Gasteiger partial charge in [0.15, 0.2) is 0 Å². The van der Waals surface area contributed by atoms with Gasteiger partial charge in [-0.2, -0.15) is 0 Å². The van der Waals surface area contributed by atoms with E-state index < -0.39 is 0 Å². The summed E-state index contributed by atoms with van der Waals surface area (Å²) >= 11 is 0. The van der Waals surface area contributed by atoms with Crippen LogP contribution in [0.1, 0.15) is 18.4 Å². The summed E-state index contributed by atoms with van der Waals surface area (Å²) in [5.41, 5.74) is 12.6. The monoisotopic (exact) mass is 207 g/mol. The molecule has 1 aromatic carbocycles. The lowest BCUT2D eigenvalue weighted by atomic mass is 10.1. The molecule has 0 aromatic heterocycles. The molecule has 0 atom stereocenters. The van der Waals surface area contributed by atoms with Crippen molar-refractivity contribution >= 4 is 11.6 Å². The van der Waals surface area contributed by atoms with Gasteiger partial charge in [0.2, 0.25) is 5.91 Å². The van der Waals surface area contributed by atoms with E-state index in [1.165, 1.54) is 0 Å². The fourth-order valence-corrected chi connectivity index (χ4v) is 1.30. The Balaban J connectivity index is 2.59. The molecule has 1 rings (SSSR count). The van der Waals surface area contributed by atoms with Crippen molar-refractivity contribution in [1.29, 1.82) is 0 Å². The Morgan fingerprint density at radius 1 is 1.27 bits per heavy atom. The maximum atomic E-state index is 11.4. The van der Waals surface area contributed by atoms with Crippen LogP contribution in [0.2, 0.25) is 0 Å². The van der Waals surface area contributed by atoms with Crippen LogP contribution in [0.5, 0.6) is 0 Å². The van der Waals surface area contributed by atoms with Gasteiger partial charge in [0, 0.05) is 18.7 Å². The number of benzene rings is 1. The van der Waals surface area contributed by atoms with Gasteiger partial charge in [-0.25, -0.2) is 0 Å². The number of para-hydroxylation sites is 1. The largest absolute Gasteiger partial charge is 0.330 e. The molecule has 1 aromatic rings. The number of amides is 1. The molecule has 4 nitrogen and oxygen atoms in total. The molecule has 1 amide bonds. The number of carbonyl (C=O) groups excluding carboxylic acids is 1. The number of carbonyl (C=O) groups is 1. The van der Waals surface area contributed by atoms with Crippen LogP contribution in [-0.2, 0) is 11.3 Å². The minimum atomic E-state index is -0.0126. The van der Waals surface area contributed by atoms with Crippen LogP contribution < -0.4 is 16.8 Å². The van der Waals surface area contributed by atoms with Gasteiger partial charge in [0.05, 0.1) is 0 Å². The SMILES string of the molecule is NCCCC(=O)Nc1ccccc1CN. The Labute approximate surface area is 89.6 Å². The van der Waals surface area contributed by atoms with Crippen molar-refractivity contribution in [3.8, 4) is 0 Å². The Kier molecular flexibility index (Phi) is 4.80. The van der Waals surface area contributed by atoms with Crippen molar-refractivity contribution in [1.82, 2.24) is 0 Å². The van der Waals surface area contributed by atoms with Gasteiger partial charge in [-0.3, -0.25) is 4.79 Å². The Hall–Kier alpha value is -1.39. The fraction of sp³-hybridized carbons (Fsp3) is 0.364. The zero-order chi connectivity index (χ0) is 11.1. The maximum absolute atomic E-state index is 11.4. The Bertz CT molecular complexity index is 325. The lowest BCUT2D eigenvalue weighted by molar-refractivity contribution is -0.116. The first kappa shape index (κ1) is 11.7. The van der Waals surface area contributed by atoms with E-state index in [1.807, 2.05) is 24.3 Å². The number of rotatable bonds is 5. The van der Waals surface area contributed by atoms with Crippen molar-refractivity contribution in [2.45, 2.75) is 19.4 Å². The van der Waals surface area contributed by atoms with Gasteiger partial charge in [0.1, 0.15) is 0 Å². The highest BCUT2D eigenvalue weighted by molar-refractivity contribution is 5.91. The van der Waals surface area contributed by atoms with E-state index in [1.54, 1.807) is 0 Å². The normalized spacial score (nSPS) is 10.0. The van der Waals surface area contributed by atoms with E-state index in [0.717, 1.165) is 11.3 Å². The molecule has 0 saturated heterocycles. The molecule has 0 radical (unpaired) electrons. The molecule has 0 aliphatic rings. The first-order valence-electron chi connectivity index (χ1n) is 5.06. The number of anilines is 1. The van der Waals surface area contributed by atoms with E-state index in [9.17, 15) is 4.79 Å². The van der Waals surface area contributed by atoms with Crippen LogP contribution in [0.4, 0.5) is 5.69 Å². The molecule has 82 valence electrons. The molecule has 4 heteroatoms. The van der Waals surface area contributed by atoms with Crippen molar-refractivity contribution in [2.24, 2.45) is 11.5 Å². The minimum absolute atomic E-state index is 0.0126. The molecule has 0 heterocycles. The smallest absolute Gasteiger partial charge is 0.224 e. The van der Waals surface area contributed by atoms with Gasteiger partial charge in [0.25, 0.3) is 0 Å². The summed E-state index contributed by atoms with van der Waals surface area (Å²) in [6, 6.07) is 7.52. The maximum Gasteiger partial charge on any atom is 0.224 e. The molecule has 0 aliphatic heterocycles. The molecule has 0 aliphatic carbocycles. The summed E-state index contributed by atoms with van der Waals surface area (Å²) in [7, 11) is 0. The predicted molar refractivity (Wildman–Crippen MR) is 61.3 cm³/mol. The van der Waals surface area contributed by atoms with Crippen LogP contribution in [0.25, 0.3) is 0 Å². The summed E-state index contributed by atoms with van der Waals surface area (Å²) in [6.45, 7) is 0.958. The molecule has 0 unspecified atom stereocenters. The molecule has 0 spiro atoms. The zero-order valence-corrected chi connectivity index (χ0v) is 8.70. The van der Waals surface area contributed by atoms with E-state index in [2.05, 4.69) is 5.32 Å².